The van der Waals surface area contributed by atoms with Crippen molar-refractivity contribution in [3.05, 3.63) is 34.1 Å². The lowest BCUT2D eigenvalue weighted by Crippen LogP contribution is -2.15. The SMILES string of the molecule is CCCn1c(SCC(=O)Nc2cccc(Cl)c2Cl)nnc1C(C)C. The fraction of sp³-hybridized carbons (Fsp3) is 0.438. The van der Waals surface area contributed by atoms with E-state index >= 15 is 0 Å². The lowest BCUT2D eigenvalue weighted by molar-refractivity contribution is -0.113. The summed E-state index contributed by atoms with van der Waals surface area (Å²) in [6.45, 7) is 7.11. The first kappa shape index (κ1) is 19.1. The zero-order valence-electron chi connectivity index (χ0n) is 13.8. The Morgan fingerprint density at radius 3 is 2.75 bits per heavy atom. The smallest absolute Gasteiger partial charge is 0.234 e. The van der Waals surface area contributed by atoms with Crippen molar-refractivity contribution < 1.29 is 4.79 Å². The van der Waals surface area contributed by atoms with E-state index in [9.17, 15) is 4.79 Å². The number of thioether (sulfide) groups is 1. The lowest BCUT2D eigenvalue weighted by atomic mass is 10.2. The average Bonchev–Trinajstić information content (AvgIpc) is 2.93. The van der Waals surface area contributed by atoms with Gasteiger partial charge in [-0.3, -0.25) is 4.79 Å². The summed E-state index contributed by atoms with van der Waals surface area (Å²) in [6, 6.07) is 5.13. The number of carbonyl (C=O) groups excluding carboxylic acids is 1. The summed E-state index contributed by atoms with van der Waals surface area (Å²) in [5, 5.41) is 12.7. The monoisotopic (exact) mass is 386 g/mol. The van der Waals surface area contributed by atoms with Crippen molar-refractivity contribution in [2.24, 2.45) is 0 Å². The van der Waals surface area contributed by atoms with Crippen LogP contribution in [0, 0.1) is 0 Å². The number of anilines is 1. The van der Waals surface area contributed by atoms with Crippen LogP contribution in [-0.4, -0.2) is 26.4 Å². The third-order valence-electron chi connectivity index (χ3n) is 3.27. The van der Waals surface area contributed by atoms with Gasteiger partial charge in [0, 0.05) is 12.5 Å². The summed E-state index contributed by atoms with van der Waals surface area (Å²) >= 11 is 13.4. The van der Waals surface area contributed by atoms with Crippen molar-refractivity contribution in [1.82, 2.24) is 14.8 Å². The van der Waals surface area contributed by atoms with Gasteiger partial charge in [0.05, 0.1) is 21.5 Å². The number of nitrogens with zero attached hydrogens (tertiary/aromatic N) is 3. The maximum atomic E-state index is 12.2. The van der Waals surface area contributed by atoms with E-state index in [1.807, 2.05) is 0 Å². The fourth-order valence-corrected chi connectivity index (χ4v) is 3.30. The van der Waals surface area contributed by atoms with E-state index in [0.29, 0.717) is 15.7 Å². The van der Waals surface area contributed by atoms with Gasteiger partial charge in [0.1, 0.15) is 5.82 Å². The number of benzene rings is 1. The molecule has 8 heteroatoms. The molecule has 0 radical (unpaired) electrons. The van der Waals surface area contributed by atoms with Crippen molar-refractivity contribution in [3.63, 3.8) is 0 Å². The van der Waals surface area contributed by atoms with Crippen LogP contribution in [0.4, 0.5) is 5.69 Å². The van der Waals surface area contributed by atoms with E-state index in [0.717, 1.165) is 23.9 Å². The van der Waals surface area contributed by atoms with Gasteiger partial charge in [-0.1, -0.05) is 61.8 Å². The van der Waals surface area contributed by atoms with Crippen molar-refractivity contribution in [2.75, 3.05) is 11.1 Å². The molecule has 2 aromatic rings. The van der Waals surface area contributed by atoms with E-state index in [2.05, 4.69) is 40.9 Å². The summed E-state index contributed by atoms with van der Waals surface area (Å²) < 4.78 is 2.08. The van der Waals surface area contributed by atoms with E-state index < -0.39 is 0 Å². The summed E-state index contributed by atoms with van der Waals surface area (Å²) in [4.78, 5) is 12.2. The second-order valence-corrected chi connectivity index (χ2v) is 7.31. The first-order valence-electron chi connectivity index (χ1n) is 7.73. The molecule has 0 saturated heterocycles. The number of nitrogens with one attached hydrogen (secondary N) is 1. The molecule has 0 unspecified atom stereocenters. The van der Waals surface area contributed by atoms with Crippen LogP contribution in [0.25, 0.3) is 0 Å². The molecule has 1 amide bonds. The summed E-state index contributed by atoms with van der Waals surface area (Å²) in [5.74, 6) is 1.29. The van der Waals surface area contributed by atoms with Gasteiger partial charge < -0.3 is 9.88 Å². The molecule has 0 fully saturated rings. The van der Waals surface area contributed by atoms with E-state index in [1.54, 1.807) is 18.2 Å². The molecular weight excluding hydrogens is 367 g/mol. The number of hydrogen-bond donors (Lipinski definition) is 1. The Hall–Kier alpha value is -1.24. The molecule has 5 nitrogen and oxygen atoms in total. The molecule has 1 aromatic heterocycles. The predicted octanol–water partition coefficient (Wildman–Crippen LogP) is 4.85. The highest BCUT2D eigenvalue weighted by molar-refractivity contribution is 7.99. The zero-order valence-corrected chi connectivity index (χ0v) is 16.2. The van der Waals surface area contributed by atoms with Crippen molar-refractivity contribution in [2.45, 2.75) is 44.8 Å². The second-order valence-electron chi connectivity index (χ2n) is 5.59. The quantitative estimate of drug-likeness (QED) is 0.690. The van der Waals surface area contributed by atoms with Gasteiger partial charge >= 0.3 is 0 Å². The number of rotatable bonds is 7. The fourth-order valence-electron chi connectivity index (χ4n) is 2.18. The van der Waals surface area contributed by atoms with Gasteiger partial charge in [-0.05, 0) is 18.6 Å². The highest BCUT2D eigenvalue weighted by Crippen LogP contribution is 2.30. The second kappa shape index (κ2) is 8.74. The van der Waals surface area contributed by atoms with Gasteiger partial charge in [-0.25, -0.2) is 0 Å². The van der Waals surface area contributed by atoms with Crippen molar-refractivity contribution >= 4 is 46.6 Å². The summed E-state index contributed by atoms with van der Waals surface area (Å²) in [7, 11) is 0. The lowest BCUT2D eigenvalue weighted by Gasteiger charge is -2.11. The van der Waals surface area contributed by atoms with Gasteiger partial charge in [-0.15, -0.1) is 10.2 Å². The topological polar surface area (TPSA) is 59.8 Å². The van der Waals surface area contributed by atoms with Gasteiger partial charge in [0.2, 0.25) is 5.91 Å². The van der Waals surface area contributed by atoms with Crippen LogP contribution in [0.5, 0.6) is 0 Å². The first-order chi connectivity index (χ1) is 11.4. The number of aromatic nitrogens is 3. The summed E-state index contributed by atoms with van der Waals surface area (Å²) in [5.41, 5.74) is 0.507. The Morgan fingerprint density at radius 2 is 2.08 bits per heavy atom. The Balaban J connectivity index is 2.03. The Bertz CT molecular complexity index is 718. The molecule has 0 aliphatic carbocycles. The van der Waals surface area contributed by atoms with Crippen LogP contribution in [0.15, 0.2) is 23.4 Å². The van der Waals surface area contributed by atoms with Gasteiger partial charge in [-0.2, -0.15) is 0 Å². The van der Waals surface area contributed by atoms with Crippen LogP contribution in [0.1, 0.15) is 38.9 Å². The average molecular weight is 387 g/mol. The highest BCUT2D eigenvalue weighted by atomic mass is 35.5. The number of amides is 1. The molecule has 0 aliphatic heterocycles. The molecule has 0 bridgehead atoms. The minimum atomic E-state index is -0.165. The van der Waals surface area contributed by atoms with E-state index in [-0.39, 0.29) is 17.6 Å². The molecule has 1 N–H and O–H groups in total. The Morgan fingerprint density at radius 1 is 1.33 bits per heavy atom. The van der Waals surface area contributed by atoms with Crippen LogP contribution in [0.3, 0.4) is 0 Å². The third kappa shape index (κ3) is 4.65. The number of hydrogen-bond acceptors (Lipinski definition) is 4. The van der Waals surface area contributed by atoms with Crippen LogP contribution in [0.2, 0.25) is 10.0 Å². The predicted molar refractivity (Wildman–Crippen MR) is 100 cm³/mol. The van der Waals surface area contributed by atoms with Crippen molar-refractivity contribution in [3.8, 4) is 0 Å². The molecule has 0 atom stereocenters. The maximum absolute atomic E-state index is 12.2. The number of carbonyl (C=O) groups is 1. The maximum Gasteiger partial charge on any atom is 0.234 e. The largest absolute Gasteiger partial charge is 0.324 e. The Kier molecular flexibility index (Phi) is 6.95. The molecule has 24 heavy (non-hydrogen) atoms. The first-order valence-corrected chi connectivity index (χ1v) is 9.48. The molecule has 130 valence electrons. The standard InChI is InChI=1S/C16H20Cl2N4OS/c1-4-8-22-15(10(2)3)20-21-16(22)24-9-13(23)19-12-7-5-6-11(17)14(12)18/h5-7,10H,4,8-9H2,1-3H3,(H,19,23). The molecular formula is C16H20Cl2N4OS. The van der Waals surface area contributed by atoms with Crippen LogP contribution in [-0.2, 0) is 11.3 Å². The van der Waals surface area contributed by atoms with Crippen LogP contribution >= 0.6 is 35.0 Å². The normalized spacial score (nSPS) is 11.1. The molecule has 1 heterocycles. The minimum absolute atomic E-state index is 0.165. The third-order valence-corrected chi connectivity index (χ3v) is 5.05. The van der Waals surface area contributed by atoms with Gasteiger partial charge in [0.25, 0.3) is 0 Å². The Labute approximate surface area is 156 Å². The highest BCUT2D eigenvalue weighted by Gasteiger charge is 2.16. The van der Waals surface area contributed by atoms with Crippen molar-refractivity contribution in [1.29, 1.82) is 0 Å². The van der Waals surface area contributed by atoms with E-state index in [4.69, 9.17) is 23.2 Å². The van der Waals surface area contributed by atoms with Gasteiger partial charge in [0.15, 0.2) is 5.16 Å². The molecule has 0 aliphatic rings. The minimum Gasteiger partial charge on any atom is -0.324 e. The zero-order chi connectivity index (χ0) is 17.7. The molecule has 1 aromatic carbocycles. The number of halogens is 2. The molecule has 0 spiro atoms. The summed E-state index contributed by atoms with van der Waals surface area (Å²) in [6.07, 6.45) is 0.982. The molecule has 0 saturated carbocycles. The van der Waals surface area contributed by atoms with Crippen LogP contribution < -0.4 is 5.32 Å². The van der Waals surface area contributed by atoms with E-state index in [1.165, 1.54) is 11.8 Å². The molecule has 2 rings (SSSR count).